The van der Waals surface area contributed by atoms with E-state index in [2.05, 4.69) is 50.3 Å². The maximum atomic E-state index is 4.48. The predicted octanol–water partition coefficient (Wildman–Crippen LogP) is 3.56. The average molecular weight is 292 g/mol. The van der Waals surface area contributed by atoms with Gasteiger partial charge in [-0.1, -0.05) is 29.8 Å². The molecule has 88 valence electrons. The first-order chi connectivity index (χ1) is 8.11. The Morgan fingerprint density at radius 2 is 1.71 bits per heavy atom. The molecule has 0 spiro atoms. The normalized spacial score (nSPS) is 10.4. The van der Waals surface area contributed by atoms with Crippen molar-refractivity contribution in [3.8, 4) is 11.4 Å². The van der Waals surface area contributed by atoms with Crippen LogP contribution in [0.25, 0.3) is 11.4 Å². The summed E-state index contributed by atoms with van der Waals surface area (Å²) >= 11 is 3.47. The second-order valence-corrected chi connectivity index (χ2v) is 4.70. The number of nitrogens with one attached hydrogen (secondary N) is 1. The largest absolute Gasteiger partial charge is 0.372 e. The van der Waals surface area contributed by atoms with Gasteiger partial charge in [-0.05, 0) is 29.8 Å². The van der Waals surface area contributed by atoms with E-state index in [1.165, 1.54) is 5.56 Å². The molecule has 1 heterocycles. The molecule has 2 rings (SSSR count). The summed E-state index contributed by atoms with van der Waals surface area (Å²) in [4.78, 5) is 8.97. The van der Waals surface area contributed by atoms with Crippen LogP contribution in [0.1, 0.15) is 11.3 Å². The van der Waals surface area contributed by atoms with E-state index in [-0.39, 0.29) is 0 Å². The summed E-state index contributed by atoms with van der Waals surface area (Å²) in [5.74, 6) is 1.56. The van der Waals surface area contributed by atoms with Crippen molar-refractivity contribution < 1.29 is 0 Å². The van der Waals surface area contributed by atoms with Crippen LogP contribution in [0.15, 0.2) is 28.7 Å². The Bertz CT molecular complexity index is 535. The molecule has 0 aliphatic heterocycles. The second-order valence-electron chi connectivity index (χ2n) is 3.91. The van der Waals surface area contributed by atoms with E-state index in [1.807, 2.05) is 26.1 Å². The van der Waals surface area contributed by atoms with Gasteiger partial charge >= 0.3 is 0 Å². The van der Waals surface area contributed by atoms with E-state index < -0.39 is 0 Å². The van der Waals surface area contributed by atoms with Gasteiger partial charge in [0, 0.05) is 12.6 Å². The lowest BCUT2D eigenvalue weighted by atomic mass is 10.1. The van der Waals surface area contributed by atoms with E-state index in [1.54, 1.807) is 0 Å². The molecule has 0 radical (unpaired) electrons. The van der Waals surface area contributed by atoms with E-state index in [9.17, 15) is 0 Å². The minimum atomic E-state index is 0.745. The molecule has 17 heavy (non-hydrogen) atoms. The summed E-state index contributed by atoms with van der Waals surface area (Å²) in [6, 6.07) is 8.21. The highest BCUT2D eigenvalue weighted by atomic mass is 79.9. The zero-order valence-electron chi connectivity index (χ0n) is 10.1. The van der Waals surface area contributed by atoms with Gasteiger partial charge in [-0.2, -0.15) is 0 Å². The molecule has 3 nitrogen and oxygen atoms in total. The Morgan fingerprint density at radius 3 is 2.29 bits per heavy atom. The van der Waals surface area contributed by atoms with E-state index in [0.29, 0.717) is 0 Å². The zero-order chi connectivity index (χ0) is 12.4. The number of hydrogen-bond donors (Lipinski definition) is 1. The van der Waals surface area contributed by atoms with Crippen molar-refractivity contribution in [3.63, 3.8) is 0 Å². The molecular formula is C13H14BrN3. The molecule has 1 N–H and O–H groups in total. The third kappa shape index (κ3) is 2.47. The van der Waals surface area contributed by atoms with Gasteiger partial charge in [-0.25, -0.2) is 9.97 Å². The number of rotatable bonds is 2. The van der Waals surface area contributed by atoms with Crippen molar-refractivity contribution in [1.29, 1.82) is 0 Å². The van der Waals surface area contributed by atoms with Crippen molar-refractivity contribution in [2.24, 2.45) is 0 Å². The number of aryl methyl sites for hydroxylation is 2. The third-order valence-corrected chi connectivity index (χ3v) is 3.51. The van der Waals surface area contributed by atoms with Crippen molar-refractivity contribution in [3.05, 3.63) is 40.0 Å². The van der Waals surface area contributed by atoms with Crippen molar-refractivity contribution in [2.75, 3.05) is 12.4 Å². The molecule has 1 aromatic carbocycles. The maximum absolute atomic E-state index is 4.48. The Morgan fingerprint density at radius 1 is 1.06 bits per heavy atom. The van der Waals surface area contributed by atoms with Crippen LogP contribution >= 0.6 is 15.9 Å². The lowest BCUT2D eigenvalue weighted by molar-refractivity contribution is 1.09. The monoisotopic (exact) mass is 291 g/mol. The van der Waals surface area contributed by atoms with Crippen molar-refractivity contribution in [2.45, 2.75) is 13.8 Å². The number of hydrogen-bond acceptors (Lipinski definition) is 3. The molecule has 0 fully saturated rings. The predicted molar refractivity (Wildman–Crippen MR) is 74.2 cm³/mol. The highest BCUT2D eigenvalue weighted by Crippen LogP contribution is 2.26. The molecule has 4 heteroatoms. The maximum Gasteiger partial charge on any atom is 0.161 e. The van der Waals surface area contributed by atoms with Crippen molar-refractivity contribution in [1.82, 2.24) is 9.97 Å². The topological polar surface area (TPSA) is 37.8 Å². The number of halogens is 1. The van der Waals surface area contributed by atoms with E-state index in [4.69, 9.17) is 0 Å². The molecule has 1 aromatic heterocycles. The highest BCUT2D eigenvalue weighted by Gasteiger charge is 2.09. The second kappa shape index (κ2) is 4.84. The molecule has 0 saturated carbocycles. The molecular weight excluding hydrogens is 278 g/mol. The number of anilines is 1. The summed E-state index contributed by atoms with van der Waals surface area (Å²) in [6.45, 7) is 4.03. The first-order valence-corrected chi connectivity index (χ1v) is 6.20. The number of nitrogens with zero attached hydrogens (tertiary/aromatic N) is 2. The minimum Gasteiger partial charge on any atom is -0.372 e. The van der Waals surface area contributed by atoms with Gasteiger partial charge in [-0.3, -0.25) is 0 Å². The van der Waals surface area contributed by atoms with Gasteiger partial charge in [0.1, 0.15) is 5.82 Å². The molecule has 0 aliphatic rings. The Hall–Kier alpha value is -1.42. The zero-order valence-corrected chi connectivity index (χ0v) is 11.7. The minimum absolute atomic E-state index is 0.745. The first-order valence-electron chi connectivity index (χ1n) is 5.40. The summed E-state index contributed by atoms with van der Waals surface area (Å²) in [5, 5.41) is 3.06. The molecule has 2 aromatic rings. The van der Waals surface area contributed by atoms with Crippen LogP contribution in [0, 0.1) is 13.8 Å². The number of benzene rings is 1. The quantitative estimate of drug-likeness (QED) is 0.919. The van der Waals surface area contributed by atoms with Crippen LogP contribution < -0.4 is 5.32 Å². The van der Waals surface area contributed by atoms with Gasteiger partial charge in [-0.15, -0.1) is 0 Å². The molecule has 0 atom stereocenters. The SMILES string of the molecule is CNc1nc(-c2ccc(C)cc2)nc(C)c1Br. The van der Waals surface area contributed by atoms with Crippen LogP contribution in [-0.2, 0) is 0 Å². The molecule has 0 amide bonds. The Kier molecular flexibility index (Phi) is 3.43. The van der Waals surface area contributed by atoms with Crippen LogP contribution in [0.3, 0.4) is 0 Å². The molecule has 0 unspecified atom stereocenters. The average Bonchev–Trinajstić information content (AvgIpc) is 2.33. The van der Waals surface area contributed by atoms with Gasteiger partial charge in [0.05, 0.1) is 10.2 Å². The van der Waals surface area contributed by atoms with Crippen molar-refractivity contribution >= 4 is 21.7 Å². The van der Waals surface area contributed by atoms with Gasteiger partial charge < -0.3 is 5.32 Å². The van der Waals surface area contributed by atoms with Crippen LogP contribution in [-0.4, -0.2) is 17.0 Å². The van der Waals surface area contributed by atoms with Gasteiger partial charge in [0.25, 0.3) is 0 Å². The highest BCUT2D eigenvalue weighted by molar-refractivity contribution is 9.10. The fourth-order valence-corrected chi connectivity index (χ4v) is 1.93. The van der Waals surface area contributed by atoms with Crippen LogP contribution in [0.2, 0.25) is 0 Å². The summed E-state index contributed by atoms with van der Waals surface area (Å²) in [7, 11) is 1.85. The lowest BCUT2D eigenvalue weighted by Crippen LogP contribution is -2.00. The van der Waals surface area contributed by atoms with E-state index >= 15 is 0 Å². The van der Waals surface area contributed by atoms with Crippen LogP contribution in [0.5, 0.6) is 0 Å². The third-order valence-electron chi connectivity index (χ3n) is 2.56. The van der Waals surface area contributed by atoms with Crippen LogP contribution in [0.4, 0.5) is 5.82 Å². The molecule has 0 bridgehead atoms. The smallest absolute Gasteiger partial charge is 0.161 e. The number of aromatic nitrogens is 2. The Labute approximate surface area is 109 Å². The first kappa shape index (κ1) is 12.0. The van der Waals surface area contributed by atoms with Gasteiger partial charge in [0.15, 0.2) is 5.82 Å². The fourth-order valence-electron chi connectivity index (χ4n) is 1.56. The Balaban J connectivity index is 2.52. The molecule has 0 saturated heterocycles. The summed E-state index contributed by atoms with van der Waals surface area (Å²) in [5.41, 5.74) is 3.19. The fraction of sp³-hybridized carbons (Fsp3) is 0.231. The lowest BCUT2D eigenvalue weighted by Gasteiger charge is -2.08. The summed E-state index contributed by atoms with van der Waals surface area (Å²) < 4.78 is 0.913. The molecule has 0 aliphatic carbocycles. The van der Waals surface area contributed by atoms with E-state index in [0.717, 1.165) is 27.4 Å². The standard InChI is InChI=1S/C13H14BrN3/c1-8-4-6-10(7-5-8)12-16-9(2)11(14)13(15-3)17-12/h4-7H,1-3H3,(H,15,16,17). The van der Waals surface area contributed by atoms with Gasteiger partial charge in [0.2, 0.25) is 0 Å². The summed E-state index contributed by atoms with van der Waals surface area (Å²) in [6.07, 6.45) is 0.